The van der Waals surface area contributed by atoms with Gasteiger partial charge < -0.3 is 4.57 Å². The van der Waals surface area contributed by atoms with Gasteiger partial charge in [0.1, 0.15) is 0 Å². The molecule has 0 aromatic rings. The van der Waals surface area contributed by atoms with E-state index in [4.69, 9.17) is 0 Å². The van der Waals surface area contributed by atoms with Crippen LogP contribution >= 0.6 is 0 Å². The highest BCUT2D eigenvalue weighted by Crippen LogP contribution is 2.32. The lowest BCUT2D eigenvalue weighted by Gasteiger charge is -2.45. The molecule has 2 heteroatoms. The van der Waals surface area contributed by atoms with Crippen molar-refractivity contribution in [1.82, 2.24) is 4.57 Å². The second-order valence-corrected chi connectivity index (χ2v) is 4.89. The van der Waals surface area contributed by atoms with Crippen LogP contribution in [-0.4, -0.2) is 27.1 Å². The SMILES string of the molecule is CCC1(CC)CCCCN1[SiH3]. The Kier molecular flexibility index (Phi) is 3.13. The summed E-state index contributed by atoms with van der Waals surface area (Å²) in [6.07, 6.45) is 7.05. The lowest BCUT2D eigenvalue weighted by Crippen LogP contribution is -2.49. The van der Waals surface area contributed by atoms with E-state index in [1.54, 1.807) is 0 Å². The maximum absolute atomic E-state index is 2.70. The molecule has 0 radical (unpaired) electrons. The van der Waals surface area contributed by atoms with E-state index in [9.17, 15) is 0 Å². The van der Waals surface area contributed by atoms with E-state index in [0.717, 1.165) is 0 Å². The molecule has 1 fully saturated rings. The molecule has 0 saturated carbocycles. The minimum Gasteiger partial charge on any atom is -0.327 e. The van der Waals surface area contributed by atoms with Crippen LogP contribution in [0.3, 0.4) is 0 Å². The van der Waals surface area contributed by atoms with Crippen LogP contribution in [0.5, 0.6) is 0 Å². The average Bonchev–Trinajstić information content (AvgIpc) is 2.06. The Morgan fingerprint density at radius 1 is 1.27 bits per heavy atom. The zero-order valence-corrected chi connectivity index (χ0v) is 10.2. The van der Waals surface area contributed by atoms with Gasteiger partial charge in [0.05, 0.1) is 10.4 Å². The van der Waals surface area contributed by atoms with Gasteiger partial charge in [-0.2, -0.15) is 0 Å². The summed E-state index contributed by atoms with van der Waals surface area (Å²) in [6.45, 7) is 6.06. The van der Waals surface area contributed by atoms with Gasteiger partial charge in [0.25, 0.3) is 0 Å². The second-order valence-electron chi connectivity index (χ2n) is 3.81. The molecule has 0 aliphatic carbocycles. The van der Waals surface area contributed by atoms with Crippen LogP contribution in [0.25, 0.3) is 0 Å². The third-order valence-corrected chi connectivity index (χ3v) is 4.91. The van der Waals surface area contributed by atoms with Crippen molar-refractivity contribution < 1.29 is 0 Å². The number of hydrogen-bond donors (Lipinski definition) is 0. The molecule has 1 heterocycles. The van der Waals surface area contributed by atoms with Crippen LogP contribution in [0.4, 0.5) is 0 Å². The minimum absolute atomic E-state index is 0.616. The standard InChI is InChI=1S/C9H21NSi/c1-3-9(4-2)7-5-6-8-10(9)11/h3-8H2,1-2,11H3. The Labute approximate surface area is 73.7 Å². The molecule has 1 rings (SSSR count). The summed E-state index contributed by atoms with van der Waals surface area (Å²) in [5.41, 5.74) is 0.616. The first-order valence-electron chi connectivity index (χ1n) is 4.96. The first-order chi connectivity index (χ1) is 5.25. The van der Waals surface area contributed by atoms with E-state index in [-0.39, 0.29) is 0 Å². The Morgan fingerprint density at radius 2 is 1.91 bits per heavy atom. The molecule has 0 aromatic carbocycles. The lowest BCUT2D eigenvalue weighted by atomic mass is 9.84. The summed E-state index contributed by atoms with van der Waals surface area (Å²) >= 11 is 0. The topological polar surface area (TPSA) is 3.24 Å². The quantitative estimate of drug-likeness (QED) is 0.566. The highest BCUT2D eigenvalue weighted by atomic mass is 28.2. The van der Waals surface area contributed by atoms with Gasteiger partial charge in [-0.15, -0.1) is 0 Å². The van der Waals surface area contributed by atoms with Crippen molar-refractivity contribution in [3.05, 3.63) is 0 Å². The summed E-state index contributed by atoms with van der Waals surface area (Å²) in [4.78, 5) is 0. The fourth-order valence-corrected chi connectivity index (χ4v) is 3.55. The first-order valence-corrected chi connectivity index (χ1v) is 5.86. The van der Waals surface area contributed by atoms with Gasteiger partial charge in [-0.25, -0.2) is 0 Å². The molecule has 11 heavy (non-hydrogen) atoms. The molecule has 0 spiro atoms. The van der Waals surface area contributed by atoms with Crippen LogP contribution in [0.2, 0.25) is 0 Å². The number of hydrogen-bond acceptors (Lipinski definition) is 1. The van der Waals surface area contributed by atoms with Crippen molar-refractivity contribution in [2.24, 2.45) is 0 Å². The molecule has 0 aromatic heterocycles. The fraction of sp³-hybridized carbons (Fsp3) is 1.00. The predicted octanol–water partition coefficient (Wildman–Crippen LogP) is 1.31. The van der Waals surface area contributed by atoms with Crippen molar-refractivity contribution >= 4 is 10.4 Å². The first kappa shape index (κ1) is 9.27. The molecule has 1 nitrogen and oxygen atoms in total. The maximum atomic E-state index is 2.70. The smallest absolute Gasteiger partial charge is 0.0791 e. The van der Waals surface area contributed by atoms with E-state index in [1.807, 2.05) is 0 Å². The van der Waals surface area contributed by atoms with Crippen molar-refractivity contribution in [3.63, 3.8) is 0 Å². The van der Waals surface area contributed by atoms with Gasteiger partial charge >= 0.3 is 0 Å². The van der Waals surface area contributed by atoms with Crippen LogP contribution in [0, 0.1) is 0 Å². The number of piperidine rings is 1. The Morgan fingerprint density at radius 3 is 2.27 bits per heavy atom. The van der Waals surface area contributed by atoms with Crippen molar-refractivity contribution in [3.8, 4) is 0 Å². The monoisotopic (exact) mass is 171 g/mol. The van der Waals surface area contributed by atoms with Gasteiger partial charge in [-0.1, -0.05) is 20.3 Å². The summed E-state index contributed by atoms with van der Waals surface area (Å²) in [5, 5.41) is 0. The lowest BCUT2D eigenvalue weighted by molar-refractivity contribution is 0.124. The molecule has 66 valence electrons. The van der Waals surface area contributed by atoms with Crippen LogP contribution < -0.4 is 0 Å². The number of rotatable bonds is 2. The van der Waals surface area contributed by atoms with E-state index < -0.39 is 0 Å². The van der Waals surface area contributed by atoms with Crippen LogP contribution in [-0.2, 0) is 0 Å². The summed E-state index contributed by atoms with van der Waals surface area (Å²) in [7, 11) is 1.26. The van der Waals surface area contributed by atoms with E-state index in [1.165, 1.54) is 49.1 Å². The Balaban J connectivity index is 2.61. The minimum atomic E-state index is 0.616. The molecule has 1 aliphatic heterocycles. The zero-order chi connectivity index (χ0) is 8.32. The maximum Gasteiger partial charge on any atom is 0.0791 e. The molecule has 0 amide bonds. The summed E-state index contributed by atoms with van der Waals surface area (Å²) in [5.74, 6) is 0. The molecule has 1 saturated heterocycles. The molecule has 0 N–H and O–H groups in total. The Bertz CT molecular complexity index is 121. The normalized spacial score (nSPS) is 25.6. The molecule has 0 unspecified atom stereocenters. The largest absolute Gasteiger partial charge is 0.327 e. The summed E-state index contributed by atoms with van der Waals surface area (Å²) in [6, 6.07) is 0. The van der Waals surface area contributed by atoms with E-state index >= 15 is 0 Å². The second kappa shape index (κ2) is 3.72. The number of nitrogens with zero attached hydrogens (tertiary/aromatic N) is 1. The average molecular weight is 171 g/mol. The van der Waals surface area contributed by atoms with Crippen molar-refractivity contribution in [1.29, 1.82) is 0 Å². The van der Waals surface area contributed by atoms with Gasteiger partial charge in [-0.3, -0.25) is 0 Å². The fourth-order valence-electron chi connectivity index (χ4n) is 2.37. The third-order valence-electron chi connectivity index (χ3n) is 3.51. The Hall–Kier alpha value is 0.177. The summed E-state index contributed by atoms with van der Waals surface area (Å²) < 4.78 is 2.70. The van der Waals surface area contributed by atoms with Crippen LogP contribution in [0.15, 0.2) is 0 Å². The van der Waals surface area contributed by atoms with Crippen molar-refractivity contribution in [2.75, 3.05) is 6.54 Å². The molecular weight excluding hydrogens is 150 g/mol. The van der Waals surface area contributed by atoms with Crippen molar-refractivity contribution in [2.45, 2.75) is 51.5 Å². The highest BCUT2D eigenvalue weighted by molar-refractivity contribution is 6.05. The molecule has 0 atom stereocenters. The van der Waals surface area contributed by atoms with Gasteiger partial charge in [0, 0.05) is 5.54 Å². The molecular formula is C9H21NSi. The van der Waals surface area contributed by atoms with Gasteiger partial charge in [0.2, 0.25) is 0 Å². The third kappa shape index (κ3) is 1.67. The molecule has 0 bridgehead atoms. The zero-order valence-electron chi connectivity index (χ0n) is 8.19. The van der Waals surface area contributed by atoms with Gasteiger partial charge in [-0.05, 0) is 32.2 Å². The highest BCUT2D eigenvalue weighted by Gasteiger charge is 2.32. The molecule has 1 aliphatic rings. The van der Waals surface area contributed by atoms with E-state index in [0.29, 0.717) is 5.54 Å². The van der Waals surface area contributed by atoms with Crippen LogP contribution in [0.1, 0.15) is 46.0 Å². The van der Waals surface area contributed by atoms with E-state index in [2.05, 4.69) is 18.4 Å². The van der Waals surface area contributed by atoms with Gasteiger partial charge in [0.15, 0.2) is 0 Å². The predicted molar refractivity (Wildman–Crippen MR) is 53.8 cm³/mol.